The van der Waals surface area contributed by atoms with Crippen LogP contribution in [0.4, 0.5) is 4.79 Å². The fourth-order valence-electron chi connectivity index (χ4n) is 3.05. The van der Waals surface area contributed by atoms with Gasteiger partial charge in [-0.05, 0) is 41.0 Å². The lowest BCUT2D eigenvalue weighted by Gasteiger charge is -2.38. The van der Waals surface area contributed by atoms with Crippen molar-refractivity contribution in [3.8, 4) is 0 Å². The van der Waals surface area contributed by atoms with E-state index in [9.17, 15) is 4.79 Å². The van der Waals surface area contributed by atoms with Crippen LogP contribution in [0.15, 0.2) is 0 Å². The van der Waals surface area contributed by atoms with Crippen molar-refractivity contribution in [3.05, 3.63) is 0 Å². The first-order chi connectivity index (χ1) is 9.24. The van der Waals surface area contributed by atoms with E-state index in [1.54, 1.807) is 0 Å². The predicted molar refractivity (Wildman–Crippen MR) is 77.8 cm³/mol. The molecule has 5 heteroatoms. The Kier molecular flexibility index (Phi) is 4.59. The van der Waals surface area contributed by atoms with Gasteiger partial charge in [-0.2, -0.15) is 0 Å². The average molecular weight is 284 g/mol. The molecular formula is C15H28N2O3. The first kappa shape index (κ1) is 15.6. The molecule has 2 rings (SSSR count). The quantitative estimate of drug-likeness (QED) is 0.739. The number of carbonyl (C=O) groups excluding carboxylic acids is 1. The largest absolute Gasteiger partial charge is 0.444 e. The van der Waals surface area contributed by atoms with Gasteiger partial charge in [0.1, 0.15) is 5.60 Å². The molecule has 3 atom stereocenters. The van der Waals surface area contributed by atoms with Crippen LogP contribution in [0.3, 0.4) is 0 Å². The van der Waals surface area contributed by atoms with Gasteiger partial charge in [-0.1, -0.05) is 0 Å². The molecule has 1 amide bonds. The van der Waals surface area contributed by atoms with E-state index in [0.29, 0.717) is 6.04 Å². The van der Waals surface area contributed by atoms with E-state index < -0.39 is 5.60 Å². The van der Waals surface area contributed by atoms with Gasteiger partial charge in [-0.25, -0.2) is 4.79 Å². The van der Waals surface area contributed by atoms with Gasteiger partial charge >= 0.3 is 6.09 Å². The summed E-state index contributed by atoms with van der Waals surface area (Å²) < 4.78 is 11.2. The number of nitrogens with zero attached hydrogens (tertiary/aromatic N) is 2. The number of carbonyl (C=O) groups is 1. The predicted octanol–water partition coefficient (Wildman–Crippen LogP) is 2.10. The van der Waals surface area contributed by atoms with Crippen molar-refractivity contribution in [2.45, 2.75) is 64.9 Å². The molecule has 116 valence electrons. The third-order valence-corrected chi connectivity index (χ3v) is 3.78. The van der Waals surface area contributed by atoms with Gasteiger partial charge in [0, 0.05) is 32.2 Å². The van der Waals surface area contributed by atoms with Crippen molar-refractivity contribution in [3.63, 3.8) is 0 Å². The maximum Gasteiger partial charge on any atom is 0.410 e. The SMILES string of the molecule is C[C@@H]1CN(C2CCN(C(=O)OC(C)(C)C)C2)C[C@H](C)O1. The molecule has 2 aliphatic rings. The molecule has 0 aliphatic carbocycles. The van der Waals surface area contributed by atoms with Crippen LogP contribution in [0.5, 0.6) is 0 Å². The van der Waals surface area contributed by atoms with Crippen LogP contribution in [0, 0.1) is 0 Å². The minimum Gasteiger partial charge on any atom is -0.444 e. The second kappa shape index (κ2) is 5.90. The summed E-state index contributed by atoms with van der Waals surface area (Å²) in [6.07, 6.45) is 1.39. The van der Waals surface area contributed by atoms with E-state index in [0.717, 1.165) is 32.6 Å². The first-order valence-electron chi connectivity index (χ1n) is 7.62. The lowest BCUT2D eigenvalue weighted by atomic mass is 10.1. The molecule has 2 heterocycles. The maximum atomic E-state index is 12.1. The number of likely N-dealkylation sites (tertiary alicyclic amines) is 1. The van der Waals surface area contributed by atoms with Crippen LogP contribution in [-0.2, 0) is 9.47 Å². The second-order valence-electron chi connectivity index (χ2n) is 7.08. The van der Waals surface area contributed by atoms with Gasteiger partial charge < -0.3 is 14.4 Å². The molecule has 0 aromatic rings. The van der Waals surface area contributed by atoms with E-state index >= 15 is 0 Å². The highest BCUT2D eigenvalue weighted by molar-refractivity contribution is 5.68. The molecule has 0 aromatic carbocycles. The van der Waals surface area contributed by atoms with Gasteiger partial charge in [-0.15, -0.1) is 0 Å². The Balaban J connectivity index is 1.87. The summed E-state index contributed by atoms with van der Waals surface area (Å²) in [4.78, 5) is 16.4. The van der Waals surface area contributed by atoms with E-state index in [-0.39, 0.29) is 18.3 Å². The van der Waals surface area contributed by atoms with Crippen molar-refractivity contribution < 1.29 is 14.3 Å². The van der Waals surface area contributed by atoms with Crippen LogP contribution in [-0.4, -0.2) is 65.9 Å². The fourth-order valence-corrected chi connectivity index (χ4v) is 3.05. The summed E-state index contributed by atoms with van der Waals surface area (Å²) in [6, 6.07) is 0.441. The molecule has 0 bridgehead atoms. The molecule has 2 aliphatic heterocycles. The minimum absolute atomic E-state index is 0.186. The topological polar surface area (TPSA) is 42.0 Å². The highest BCUT2D eigenvalue weighted by Gasteiger charge is 2.35. The zero-order valence-corrected chi connectivity index (χ0v) is 13.4. The maximum absolute atomic E-state index is 12.1. The van der Waals surface area contributed by atoms with E-state index in [1.807, 2.05) is 25.7 Å². The van der Waals surface area contributed by atoms with Crippen LogP contribution in [0.2, 0.25) is 0 Å². The highest BCUT2D eigenvalue weighted by Crippen LogP contribution is 2.22. The molecular weight excluding hydrogens is 256 g/mol. The first-order valence-corrected chi connectivity index (χ1v) is 7.62. The van der Waals surface area contributed by atoms with Crippen LogP contribution >= 0.6 is 0 Å². The van der Waals surface area contributed by atoms with Crippen LogP contribution in [0.1, 0.15) is 41.0 Å². The van der Waals surface area contributed by atoms with Crippen LogP contribution < -0.4 is 0 Å². The van der Waals surface area contributed by atoms with Gasteiger partial charge in [0.05, 0.1) is 12.2 Å². The minimum atomic E-state index is -0.419. The molecule has 2 saturated heterocycles. The zero-order valence-electron chi connectivity index (χ0n) is 13.4. The monoisotopic (exact) mass is 284 g/mol. The average Bonchev–Trinajstić information content (AvgIpc) is 2.74. The molecule has 0 radical (unpaired) electrons. The number of morpholine rings is 1. The third kappa shape index (κ3) is 4.09. The normalized spacial score (nSPS) is 32.5. The lowest BCUT2D eigenvalue weighted by Crippen LogP contribution is -2.51. The molecule has 1 unspecified atom stereocenters. The van der Waals surface area contributed by atoms with E-state index in [2.05, 4.69) is 18.7 Å². The molecule has 0 aromatic heterocycles. The van der Waals surface area contributed by atoms with Crippen molar-refractivity contribution in [2.24, 2.45) is 0 Å². The second-order valence-corrected chi connectivity index (χ2v) is 7.08. The molecule has 0 spiro atoms. The van der Waals surface area contributed by atoms with E-state index in [1.165, 1.54) is 0 Å². The fraction of sp³-hybridized carbons (Fsp3) is 0.933. The Bertz CT molecular complexity index is 344. The Morgan fingerprint density at radius 3 is 2.30 bits per heavy atom. The van der Waals surface area contributed by atoms with E-state index in [4.69, 9.17) is 9.47 Å². The summed E-state index contributed by atoms with van der Waals surface area (Å²) in [5.74, 6) is 0. The summed E-state index contributed by atoms with van der Waals surface area (Å²) in [5.41, 5.74) is -0.419. The molecule has 0 saturated carbocycles. The van der Waals surface area contributed by atoms with Crippen molar-refractivity contribution in [2.75, 3.05) is 26.2 Å². The highest BCUT2D eigenvalue weighted by atomic mass is 16.6. The van der Waals surface area contributed by atoms with Crippen molar-refractivity contribution >= 4 is 6.09 Å². The summed E-state index contributed by atoms with van der Waals surface area (Å²) >= 11 is 0. The van der Waals surface area contributed by atoms with Gasteiger partial charge in [0.15, 0.2) is 0 Å². The smallest absolute Gasteiger partial charge is 0.410 e. The third-order valence-electron chi connectivity index (χ3n) is 3.78. The summed E-state index contributed by atoms with van der Waals surface area (Å²) in [5, 5.41) is 0. The van der Waals surface area contributed by atoms with Gasteiger partial charge in [0.25, 0.3) is 0 Å². The van der Waals surface area contributed by atoms with Crippen LogP contribution in [0.25, 0.3) is 0 Å². The zero-order chi connectivity index (χ0) is 14.9. The molecule has 5 nitrogen and oxygen atoms in total. The van der Waals surface area contributed by atoms with Crippen molar-refractivity contribution in [1.82, 2.24) is 9.80 Å². The van der Waals surface area contributed by atoms with Gasteiger partial charge in [-0.3, -0.25) is 4.90 Å². The standard InChI is InChI=1S/C15H28N2O3/c1-11-8-17(9-12(2)19-11)13-6-7-16(10-13)14(18)20-15(3,4)5/h11-13H,6-10H2,1-5H3/t11-,12+,13?. The molecule has 20 heavy (non-hydrogen) atoms. The molecule has 0 N–H and O–H groups in total. The number of hydrogen-bond acceptors (Lipinski definition) is 4. The Morgan fingerprint density at radius 1 is 1.15 bits per heavy atom. The van der Waals surface area contributed by atoms with Crippen molar-refractivity contribution in [1.29, 1.82) is 0 Å². The Labute approximate surface area is 122 Å². The molecule has 2 fully saturated rings. The lowest BCUT2D eigenvalue weighted by molar-refractivity contribution is -0.0790. The van der Waals surface area contributed by atoms with Gasteiger partial charge in [0.2, 0.25) is 0 Å². The number of rotatable bonds is 1. The number of amides is 1. The number of hydrogen-bond donors (Lipinski definition) is 0. The summed E-state index contributed by atoms with van der Waals surface area (Å²) in [6.45, 7) is 13.4. The Morgan fingerprint density at radius 2 is 1.75 bits per heavy atom. The number of ether oxygens (including phenoxy) is 2. The Hall–Kier alpha value is -0.810. The summed E-state index contributed by atoms with van der Waals surface area (Å²) in [7, 11) is 0.